The highest BCUT2D eigenvalue weighted by Crippen LogP contribution is 2.19. The molecular formula is C18H38N2. The lowest BCUT2D eigenvalue weighted by Gasteiger charge is -2.37. The molecule has 1 rings (SSSR count). The van der Waals surface area contributed by atoms with Gasteiger partial charge in [-0.05, 0) is 38.8 Å². The molecular weight excluding hydrogens is 244 g/mol. The lowest BCUT2D eigenvalue weighted by Crippen LogP contribution is -2.50. The van der Waals surface area contributed by atoms with Crippen LogP contribution in [0.4, 0.5) is 0 Å². The van der Waals surface area contributed by atoms with Gasteiger partial charge >= 0.3 is 0 Å². The predicted octanol–water partition coefficient (Wildman–Crippen LogP) is 4.45. The van der Waals surface area contributed by atoms with Crippen LogP contribution in [0.1, 0.15) is 78.6 Å². The average Bonchev–Trinajstić information content (AvgIpc) is 2.42. The molecule has 1 saturated heterocycles. The fourth-order valence-electron chi connectivity index (χ4n) is 3.50. The smallest absolute Gasteiger partial charge is 0.0120 e. The zero-order valence-electron chi connectivity index (χ0n) is 14.5. The largest absolute Gasteiger partial charge is 0.311 e. The van der Waals surface area contributed by atoms with Gasteiger partial charge in [-0.1, -0.05) is 59.3 Å². The van der Waals surface area contributed by atoms with Crippen LogP contribution >= 0.6 is 0 Å². The minimum absolute atomic E-state index is 0.749. The SMILES string of the molecule is CCCCCC(CCCCC)NC1CCN(C)CC1C. The van der Waals surface area contributed by atoms with Gasteiger partial charge in [0.25, 0.3) is 0 Å². The van der Waals surface area contributed by atoms with Crippen molar-refractivity contribution in [3.05, 3.63) is 0 Å². The van der Waals surface area contributed by atoms with Crippen molar-refractivity contribution in [2.45, 2.75) is 90.6 Å². The Labute approximate surface area is 127 Å². The Morgan fingerprint density at radius 3 is 2.15 bits per heavy atom. The maximum atomic E-state index is 4.02. The van der Waals surface area contributed by atoms with Crippen LogP contribution in [0.3, 0.4) is 0 Å². The summed E-state index contributed by atoms with van der Waals surface area (Å²) in [6.07, 6.45) is 12.4. The summed E-state index contributed by atoms with van der Waals surface area (Å²) in [6.45, 7) is 9.55. The lowest BCUT2D eigenvalue weighted by molar-refractivity contribution is 0.162. The highest BCUT2D eigenvalue weighted by atomic mass is 15.1. The molecule has 0 aliphatic carbocycles. The van der Waals surface area contributed by atoms with E-state index in [-0.39, 0.29) is 0 Å². The number of rotatable bonds is 10. The number of unbranched alkanes of at least 4 members (excludes halogenated alkanes) is 4. The van der Waals surface area contributed by atoms with Crippen molar-refractivity contribution in [2.75, 3.05) is 20.1 Å². The molecule has 20 heavy (non-hydrogen) atoms. The summed E-state index contributed by atoms with van der Waals surface area (Å²) in [4.78, 5) is 2.48. The molecule has 0 spiro atoms. The van der Waals surface area contributed by atoms with E-state index in [9.17, 15) is 0 Å². The Balaban J connectivity index is 2.36. The third kappa shape index (κ3) is 7.08. The number of likely N-dealkylation sites (tertiary alicyclic amines) is 1. The highest BCUT2D eigenvalue weighted by Gasteiger charge is 2.25. The molecule has 0 aromatic carbocycles. The van der Waals surface area contributed by atoms with Gasteiger partial charge < -0.3 is 10.2 Å². The molecule has 0 bridgehead atoms. The molecule has 2 unspecified atom stereocenters. The Hall–Kier alpha value is -0.0800. The first-order chi connectivity index (χ1) is 9.67. The Kier molecular flexibility index (Phi) is 9.54. The maximum absolute atomic E-state index is 4.02. The molecule has 0 aromatic rings. The minimum atomic E-state index is 0.749. The summed E-state index contributed by atoms with van der Waals surface area (Å²) in [5.74, 6) is 0.800. The molecule has 2 nitrogen and oxygen atoms in total. The number of nitrogens with one attached hydrogen (secondary N) is 1. The van der Waals surface area contributed by atoms with Gasteiger partial charge in [0.1, 0.15) is 0 Å². The van der Waals surface area contributed by atoms with E-state index in [2.05, 4.69) is 38.0 Å². The van der Waals surface area contributed by atoms with Crippen molar-refractivity contribution >= 4 is 0 Å². The first-order valence-electron chi connectivity index (χ1n) is 9.11. The van der Waals surface area contributed by atoms with Crippen molar-refractivity contribution in [1.82, 2.24) is 10.2 Å². The van der Waals surface area contributed by atoms with Crippen molar-refractivity contribution in [3.63, 3.8) is 0 Å². The summed E-state index contributed by atoms with van der Waals surface area (Å²) in [6, 6.07) is 1.52. The second kappa shape index (κ2) is 10.6. The predicted molar refractivity (Wildman–Crippen MR) is 90.3 cm³/mol. The summed E-state index contributed by atoms with van der Waals surface area (Å²) >= 11 is 0. The topological polar surface area (TPSA) is 15.3 Å². The number of piperidine rings is 1. The maximum Gasteiger partial charge on any atom is 0.0120 e. The molecule has 0 aromatic heterocycles. The van der Waals surface area contributed by atoms with Gasteiger partial charge in [0.2, 0.25) is 0 Å². The van der Waals surface area contributed by atoms with Gasteiger partial charge in [0.15, 0.2) is 0 Å². The summed E-state index contributed by atoms with van der Waals surface area (Å²) in [5, 5.41) is 4.02. The van der Waals surface area contributed by atoms with E-state index in [0.717, 1.165) is 18.0 Å². The second-order valence-electron chi connectivity index (χ2n) is 6.99. The first-order valence-corrected chi connectivity index (χ1v) is 9.11. The second-order valence-corrected chi connectivity index (χ2v) is 6.99. The van der Waals surface area contributed by atoms with E-state index in [1.807, 2.05) is 0 Å². The molecule has 0 radical (unpaired) electrons. The highest BCUT2D eigenvalue weighted by molar-refractivity contribution is 4.84. The molecule has 0 saturated carbocycles. The van der Waals surface area contributed by atoms with E-state index in [4.69, 9.17) is 0 Å². The van der Waals surface area contributed by atoms with Crippen LogP contribution in [0.15, 0.2) is 0 Å². The van der Waals surface area contributed by atoms with E-state index >= 15 is 0 Å². The third-order valence-electron chi connectivity index (χ3n) is 4.87. The molecule has 0 amide bonds. The first kappa shape index (κ1) is 18.0. The molecule has 1 N–H and O–H groups in total. The minimum Gasteiger partial charge on any atom is -0.311 e. The molecule has 2 heteroatoms. The van der Waals surface area contributed by atoms with Crippen LogP contribution in [-0.2, 0) is 0 Å². The van der Waals surface area contributed by atoms with Gasteiger partial charge in [0.05, 0.1) is 0 Å². The molecule has 1 aliphatic heterocycles. The van der Waals surface area contributed by atoms with Crippen molar-refractivity contribution in [3.8, 4) is 0 Å². The summed E-state index contributed by atoms with van der Waals surface area (Å²) < 4.78 is 0. The van der Waals surface area contributed by atoms with E-state index < -0.39 is 0 Å². The van der Waals surface area contributed by atoms with Crippen LogP contribution in [-0.4, -0.2) is 37.1 Å². The zero-order valence-corrected chi connectivity index (χ0v) is 14.5. The molecule has 120 valence electrons. The van der Waals surface area contributed by atoms with Gasteiger partial charge in [0, 0.05) is 18.6 Å². The number of nitrogens with zero attached hydrogens (tertiary/aromatic N) is 1. The van der Waals surface area contributed by atoms with Crippen LogP contribution < -0.4 is 5.32 Å². The fraction of sp³-hybridized carbons (Fsp3) is 1.00. The molecule has 1 fully saturated rings. The number of hydrogen-bond donors (Lipinski definition) is 1. The molecule has 1 aliphatic rings. The summed E-state index contributed by atoms with van der Waals surface area (Å²) in [5.41, 5.74) is 0. The number of hydrogen-bond acceptors (Lipinski definition) is 2. The van der Waals surface area contributed by atoms with E-state index in [1.165, 1.54) is 70.9 Å². The Morgan fingerprint density at radius 2 is 1.65 bits per heavy atom. The quantitative estimate of drug-likeness (QED) is 0.596. The van der Waals surface area contributed by atoms with Gasteiger partial charge in [-0.2, -0.15) is 0 Å². The monoisotopic (exact) mass is 282 g/mol. The van der Waals surface area contributed by atoms with Crippen LogP contribution in [0.5, 0.6) is 0 Å². The van der Waals surface area contributed by atoms with E-state index in [0.29, 0.717) is 0 Å². The lowest BCUT2D eigenvalue weighted by atomic mass is 9.92. The van der Waals surface area contributed by atoms with Crippen molar-refractivity contribution in [1.29, 1.82) is 0 Å². The van der Waals surface area contributed by atoms with Gasteiger partial charge in [-0.15, -0.1) is 0 Å². The Bertz CT molecular complexity index is 219. The third-order valence-corrected chi connectivity index (χ3v) is 4.87. The van der Waals surface area contributed by atoms with Crippen molar-refractivity contribution in [2.24, 2.45) is 5.92 Å². The van der Waals surface area contributed by atoms with Gasteiger partial charge in [-0.25, -0.2) is 0 Å². The normalized spacial score (nSPS) is 24.4. The molecule has 2 atom stereocenters. The standard InChI is InChI=1S/C18H38N2/c1-5-7-9-11-17(12-10-8-6-2)19-18-13-14-20(4)15-16(18)3/h16-19H,5-15H2,1-4H3. The molecule has 1 heterocycles. The van der Waals surface area contributed by atoms with Crippen LogP contribution in [0, 0.1) is 5.92 Å². The Morgan fingerprint density at radius 1 is 1.05 bits per heavy atom. The van der Waals surface area contributed by atoms with Gasteiger partial charge in [-0.3, -0.25) is 0 Å². The van der Waals surface area contributed by atoms with Crippen LogP contribution in [0.25, 0.3) is 0 Å². The average molecular weight is 283 g/mol. The summed E-state index contributed by atoms with van der Waals surface area (Å²) in [7, 11) is 2.26. The zero-order chi connectivity index (χ0) is 14.8. The fourth-order valence-corrected chi connectivity index (χ4v) is 3.50. The van der Waals surface area contributed by atoms with Crippen LogP contribution in [0.2, 0.25) is 0 Å². The van der Waals surface area contributed by atoms with E-state index in [1.54, 1.807) is 0 Å². The van der Waals surface area contributed by atoms with Crippen molar-refractivity contribution < 1.29 is 0 Å².